The van der Waals surface area contributed by atoms with Gasteiger partial charge in [-0.05, 0) is 35.7 Å². The molecule has 32 heavy (non-hydrogen) atoms. The Kier molecular flexibility index (Phi) is 5.33. The third-order valence-corrected chi connectivity index (χ3v) is 6.63. The molecule has 4 aromatic rings. The molecule has 0 atom stereocenters. The normalized spacial score (nSPS) is 16.3. The molecule has 2 heterocycles. The summed E-state index contributed by atoms with van der Waals surface area (Å²) in [5, 5.41) is 23.5. The maximum Gasteiger partial charge on any atom is 0.173 e. The van der Waals surface area contributed by atoms with E-state index in [1.54, 1.807) is 0 Å². The summed E-state index contributed by atoms with van der Waals surface area (Å²) in [6.07, 6.45) is 1.15. The van der Waals surface area contributed by atoms with Crippen LogP contribution in [-0.2, 0) is 22.5 Å². The van der Waals surface area contributed by atoms with Gasteiger partial charge in [0.1, 0.15) is 0 Å². The van der Waals surface area contributed by atoms with Gasteiger partial charge in [0.25, 0.3) is 0 Å². The quantitative estimate of drug-likeness (QED) is 0.496. The molecule has 1 fully saturated rings. The summed E-state index contributed by atoms with van der Waals surface area (Å²) in [6, 6.07) is 25.3. The van der Waals surface area contributed by atoms with Crippen LogP contribution in [0.5, 0.6) is 0 Å². The second-order valence-corrected chi connectivity index (χ2v) is 8.47. The molecule has 164 valence electrons. The predicted octanol–water partition coefficient (Wildman–Crippen LogP) is 4.34. The van der Waals surface area contributed by atoms with E-state index in [9.17, 15) is 10.2 Å². The average molecular weight is 429 g/mol. The first-order chi connectivity index (χ1) is 15.6. The zero-order chi connectivity index (χ0) is 22.2. The number of aryl methyl sites for hydroxylation is 1. The van der Waals surface area contributed by atoms with Crippen molar-refractivity contribution < 1.29 is 14.9 Å². The van der Waals surface area contributed by atoms with Crippen LogP contribution in [0, 0.1) is 0 Å². The molecule has 2 N–H and O–H groups in total. The Balaban J connectivity index is 1.73. The Labute approximate surface area is 187 Å². The van der Waals surface area contributed by atoms with Crippen molar-refractivity contribution in [3.8, 4) is 0 Å². The summed E-state index contributed by atoms with van der Waals surface area (Å²) in [4.78, 5) is 4.92. The maximum atomic E-state index is 12.3. The van der Waals surface area contributed by atoms with Gasteiger partial charge >= 0.3 is 0 Å². The van der Waals surface area contributed by atoms with Gasteiger partial charge in [-0.25, -0.2) is 4.98 Å². The lowest BCUT2D eigenvalue weighted by Crippen LogP contribution is -2.33. The van der Waals surface area contributed by atoms with Gasteiger partial charge in [-0.3, -0.25) is 0 Å². The van der Waals surface area contributed by atoms with Crippen molar-refractivity contribution in [2.75, 3.05) is 13.2 Å². The molecule has 0 spiro atoms. The van der Waals surface area contributed by atoms with Gasteiger partial charge in [0.15, 0.2) is 11.4 Å². The van der Waals surface area contributed by atoms with Crippen LogP contribution in [0.1, 0.15) is 42.3 Å². The number of aromatic nitrogens is 2. The fourth-order valence-electron chi connectivity index (χ4n) is 4.79. The van der Waals surface area contributed by atoms with E-state index in [4.69, 9.17) is 9.72 Å². The lowest BCUT2D eigenvalue weighted by molar-refractivity contribution is -0.0678. The first-order valence-corrected chi connectivity index (χ1v) is 11.2. The second kappa shape index (κ2) is 8.17. The minimum Gasteiger partial charge on any atom is -0.385 e. The van der Waals surface area contributed by atoms with Crippen molar-refractivity contribution in [3.05, 3.63) is 101 Å². The number of benzene rings is 3. The van der Waals surface area contributed by atoms with Crippen molar-refractivity contribution in [1.82, 2.24) is 9.55 Å². The van der Waals surface area contributed by atoms with Crippen LogP contribution < -0.4 is 0 Å². The molecule has 5 rings (SSSR count). The molecule has 1 aliphatic rings. The number of hydrogen-bond acceptors (Lipinski definition) is 4. The fourth-order valence-corrected chi connectivity index (χ4v) is 4.79. The van der Waals surface area contributed by atoms with Gasteiger partial charge in [0, 0.05) is 32.6 Å². The van der Waals surface area contributed by atoms with Crippen molar-refractivity contribution in [3.63, 3.8) is 0 Å². The summed E-state index contributed by atoms with van der Waals surface area (Å²) in [6.45, 7) is 3.79. The molecule has 5 nitrogen and oxygen atoms in total. The molecule has 0 radical (unpaired) electrons. The van der Waals surface area contributed by atoms with E-state index in [1.807, 2.05) is 78.9 Å². The van der Waals surface area contributed by atoms with Crippen LogP contribution in [0.4, 0.5) is 0 Å². The highest BCUT2D eigenvalue weighted by atomic mass is 16.5. The number of imidazole rings is 1. The van der Waals surface area contributed by atoms with E-state index in [2.05, 4.69) is 11.5 Å². The SMILES string of the molecule is CCn1c(C(O)(c2ccccc2)c2ccccc2)nc2ccc(C3(O)CCOCC3)cc21. The molecule has 5 heteroatoms. The Hall–Kier alpha value is -2.99. The molecular formula is C27H28N2O3. The van der Waals surface area contributed by atoms with Crippen LogP contribution in [0.25, 0.3) is 11.0 Å². The van der Waals surface area contributed by atoms with Crippen LogP contribution in [0.2, 0.25) is 0 Å². The van der Waals surface area contributed by atoms with Gasteiger partial charge in [-0.2, -0.15) is 0 Å². The van der Waals surface area contributed by atoms with Crippen LogP contribution >= 0.6 is 0 Å². The Bertz CT molecular complexity index is 1170. The zero-order valence-electron chi connectivity index (χ0n) is 18.2. The second-order valence-electron chi connectivity index (χ2n) is 8.47. The topological polar surface area (TPSA) is 67.5 Å². The Morgan fingerprint density at radius 1 is 0.938 bits per heavy atom. The van der Waals surface area contributed by atoms with Crippen LogP contribution in [0.3, 0.4) is 0 Å². The van der Waals surface area contributed by atoms with Crippen molar-refractivity contribution in [1.29, 1.82) is 0 Å². The zero-order valence-corrected chi connectivity index (χ0v) is 18.2. The van der Waals surface area contributed by atoms with Gasteiger partial charge in [-0.15, -0.1) is 0 Å². The summed E-state index contributed by atoms with van der Waals surface area (Å²) in [5.41, 5.74) is 1.80. The van der Waals surface area contributed by atoms with Crippen molar-refractivity contribution in [2.24, 2.45) is 0 Å². The molecule has 3 aromatic carbocycles. The highest BCUT2D eigenvalue weighted by molar-refractivity contribution is 5.78. The van der Waals surface area contributed by atoms with E-state index in [0.717, 1.165) is 27.7 Å². The summed E-state index contributed by atoms with van der Waals surface area (Å²) >= 11 is 0. The molecule has 0 unspecified atom stereocenters. The summed E-state index contributed by atoms with van der Waals surface area (Å²) < 4.78 is 7.51. The average Bonchev–Trinajstić information content (AvgIpc) is 3.23. The molecule has 1 aliphatic heterocycles. The Morgan fingerprint density at radius 3 is 2.09 bits per heavy atom. The molecule has 0 saturated carbocycles. The van der Waals surface area contributed by atoms with Crippen LogP contribution in [0.15, 0.2) is 78.9 Å². The third kappa shape index (κ3) is 3.34. The highest BCUT2D eigenvalue weighted by Gasteiger charge is 2.39. The summed E-state index contributed by atoms with van der Waals surface area (Å²) in [7, 11) is 0. The predicted molar refractivity (Wildman–Crippen MR) is 124 cm³/mol. The third-order valence-electron chi connectivity index (χ3n) is 6.63. The van der Waals surface area contributed by atoms with Gasteiger partial charge < -0.3 is 19.5 Å². The number of aliphatic hydroxyl groups is 2. The minimum atomic E-state index is -1.41. The number of rotatable bonds is 5. The standard InChI is InChI=1S/C27H28N2O3/c1-2-29-24-19-22(26(30)15-17-32-18-16-26)13-14-23(24)28-25(29)27(31,20-9-5-3-6-10-20)21-11-7-4-8-12-21/h3-14,19,30-31H,2,15-18H2,1H3. The maximum absolute atomic E-state index is 12.3. The van der Waals surface area contributed by atoms with E-state index < -0.39 is 11.2 Å². The lowest BCUT2D eigenvalue weighted by Gasteiger charge is -2.32. The van der Waals surface area contributed by atoms with Crippen LogP contribution in [-0.4, -0.2) is 33.0 Å². The minimum absolute atomic E-state index is 0.550. The monoisotopic (exact) mass is 428 g/mol. The number of ether oxygens (including phenoxy) is 1. The van der Waals surface area contributed by atoms with Crippen molar-refractivity contribution in [2.45, 2.75) is 37.5 Å². The van der Waals surface area contributed by atoms with Gasteiger partial charge in [0.2, 0.25) is 0 Å². The fraction of sp³-hybridized carbons (Fsp3) is 0.296. The van der Waals surface area contributed by atoms with E-state index in [1.165, 1.54) is 0 Å². The van der Waals surface area contributed by atoms with E-state index in [0.29, 0.717) is 38.4 Å². The smallest absolute Gasteiger partial charge is 0.173 e. The molecule has 0 amide bonds. The Morgan fingerprint density at radius 2 is 1.53 bits per heavy atom. The largest absolute Gasteiger partial charge is 0.385 e. The molecule has 0 bridgehead atoms. The molecule has 1 aromatic heterocycles. The van der Waals surface area contributed by atoms with E-state index in [-0.39, 0.29) is 0 Å². The van der Waals surface area contributed by atoms with E-state index >= 15 is 0 Å². The number of nitrogens with zero attached hydrogens (tertiary/aromatic N) is 2. The van der Waals surface area contributed by atoms with Gasteiger partial charge in [0.05, 0.1) is 16.6 Å². The number of fused-ring (bicyclic) bond motifs is 1. The number of hydrogen-bond donors (Lipinski definition) is 2. The molecular weight excluding hydrogens is 400 g/mol. The lowest BCUT2D eigenvalue weighted by atomic mass is 9.85. The molecule has 0 aliphatic carbocycles. The summed E-state index contributed by atoms with van der Waals surface area (Å²) in [5.74, 6) is 0.573. The first kappa shape index (κ1) is 20.9. The first-order valence-electron chi connectivity index (χ1n) is 11.2. The van der Waals surface area contributed by atoms with Crippen molar-refractivity contribution >= 4 is 11.0 Å². The molecule has 1 saturated heterocycles. The van der Waals surface area contributed by atoms with Gasteiger partial charge in [-0.1, -0.05) is 66.7 Å². The highest BCUT2D eigenvalue weighted by Crippen LogP contribution is 2.39.